The van der Waals surface area contributed by atoms with Gasteiger partial charge in [0.05, 0.1) is 12.2 Å². The predicted molar refractivity (Wildman–Crippen MR) is 78.7 cm³/mol. The lowest BCUT2D eigenvalue weighted by Crippen LogP contribution is -2.25. The Hall–Kier alpha value is -2.68. The first-order valence-corrected chi connectivity index (χ1v) is 6.57. The van der Waals surface area contributed by atoms with Gasteiger partial charge in [0.15, 0.2) is 0 Å². The van der Waals surface area contributed by atoms with E-state index in [1.807, 2.05) is 53.4 Å². The zero-order valence-electron chi connectivity index (χ0n) is 10.8. The Labute approximate surface area is 116 Å². The van der Waals surface area contributed by atoms with E-state index in [0.29, 0.717) is 6.54 Å². The molecule has 0 N–H and O–H groups in total. The molecule has 0 spiro atoms. The number of anilines is 1. The molecule has 0 saturated heterocycles. The lowest BCUT2D eigenvalue weighted by Gasteiger charge is -2.17. The molecule has 4 rings (SSSR count). The number of nitrogens with zero attached hydrogens (tertiary/aromatic N) is 2. The van der Waals surface area contributed by atoms with Gasteiger partial charge in [0.25, 0.3) is 5.91 Å². The van der Waals surface area contributed by atoms with Crippen molar-refractivity contribution in [2.24, 2.45) is 0 Å². The van der Waals surface area contributed by atoms with Gasteiger partial charge in [-0.2, -0.15) is 0 Å². The summed E-state index contributed by atoms with van der Waals surface area (Å²) in [6.45, 7) is 0.579. The standard InChI is InChI=1S/C17H12N2O/c20-17-14-5-1-3-13-4-2-6-15(16(13)14)19(17)11-12-7-9-18-10-8-12/h1-10H,11H2. The molecule has 0 aliphatic carbocycles. The third kappa shape index (κ3) is 1.53. The molecule has 0 radical (unpaired) electrons. The molecule has 0 atom stereocenters. The van der Waals surface area contributed by atoms with Gasteiger partial charge in [-0.25, -0.2) is 0 Å². The van der Waals surface area contributed by atoms with E-state index in [4.69, 9.17) is 0 Å². The van der Waals surface area contributed by atoms with Crippen molar-refractivity contribution < 1.29 is 4.79 Å². The molecule has 2 aromatic carbocycles. The van der Waals surface area contributed by atoms with Crippen molar-refractivity contribution in [3.8, 4) is 0 Å². The molecule has 1 aromatic heterocycles. The van der Waals surface area contributed by atoms with Crippen molar-refractivity contribution in [2.45, 2.75) is 6.54 Å². The number of hydrogen-bond donors (Lipinski definition) is 0. The topological polar surface area (TPSA) is 33.2 Å². The fourth-order valence-electron chi connectivity index (χ4n) is 2.81. The van der Waals surface area contributed by atoms with Crippen molar-refractivity contribution in [3.05, 3.63) is 72.1 Å². The van der Waals surface area contributed by atoms with Gasteiger partial charge in [0, 0.05) is 23.3 Å². The quantitative estimate of drug-likeness (QED) is 0.707. The van der Waals surface area contributed by atoms with Crippen LogP contribution in [0.15, 0.2) is 60.9 Å². The van der Waals surface area contributed by atoms with Crippen LogP contribution in [0, 0.1) is 0 Å². The maximum Gasteiger partial charge on any atom is 0.259 e. The third-order valence-corrected chi connectivity index (χ3v) is 3.74. The van der Waals surface area contributed by atoms with Crippen molar-refractivity contribution in [1.82, 2.24) is 4.98 Å². The lowest BCUT2D eigenvalue weighted by atomic mass is 10.1. The van der Waals surface area contributed by atoms with Crippen LogP contribution in [0.2, 0.25) is 0 Å². The SMILES string of the molecule is O=C1c2cccc3cccc(c23)N1Cc1ccncc1. The average molecular weight is 260 g/mol. The highest BCUT2D eigenvalue weighted by Crippen LogP contribution is 2.37. The van der Waals surface area contributed by atoms with Crippen molar-refractivity contribution in [1.29, 1.82) is 0 Å². The van der Waals surface area contributed by atoms with E-state index in [9.17, 15) is 4.79 Å². The summed E-state index contributed by atoms with van der Waals surface area (Å²) in [5, 5.41) is 2.18. The van der Waals surface area contributed by atoms with E-state index in [1.54, 1.807) is 12.4 Å². The molecule has 1 aliphatic rings. The Balaban J connectivity index is 1.85. The van der Waals surface area contributed by atoms with E-state index in [2.05, 4.69) is 4.98 Å². The summed E-state index contributed by atoms with van der Waals surface area (Å²) in [7, 11) is 0. The monoisotopic (exact) mass is 260 g/mol. The van der Waals surface area contributed by atoms with Gasteiger partial charge in [-0.1, -0.05) is 24.3 Å². The molecule has 96 valence electrons. The smallest absolute Gasteiger partial charge is 0.259 e. The second kappa shape index (κ2) is 4.17. The summed E-state index contributed by atoms with van der Waals surface area (Å²) in [6.07, 6.45) is 3.51. The molecule has 2 heterocycles. The summed E-state index contributed by atoms with van der Waals surface area (Å²) >= 11 is 0. The normalized spacial score (nSPS) is 13.2. The van der Waals surface area contributed by atoms with Crippen LogP contribution in [-0.4, -0.2) is 10.9 Å². The fourth-order valence-corrected chi connectivity index (χ4v) is 2.81. The van der Waals surface area contributed by atoms with Crippen LogP contribution in [0.25, 0.3) is 10.8 Å². The molecular formula is C17H12N2O. The van der Waals surface area contributed by atoms with Crippen LogP contribution in [0.5, 0.6) is 0 Å². The Morgan fingerprint density at radius 2 is 1.70 bits per heavy atom. The predicted octanol–water partition coefficient (Wildman–Crippen LogP) is 3.40. The van der Waals surface area contributed by atoms with Crippen LogP contribution in [0.4, 0.5) is 5.69 Å². The average Bonchev–Trinajstić information content (AvgIpc) is 2.77. The zero-order valence-corrected chi connectivity index (χ0v) is 10.8. The van der Waals surface area contributed by atoms with Crippen molar-refractivity contribution in [3.63, 3.8) is 0 Å². The highest BCUT2D eigenvalue weighted by Gasteiger charge is 2.29. The molecule has 0 fully saturated rings. The van der Waals surface area contributed by atoms with E-state index in [-0.39, 0.29) is 5.91 Å². The molecule has 20 heavy (non-hydrogen) atoms. The minimum atomic E-state index is 0.0774. The first kappa shape index (κ1) is 11.2. The van der Waals surface area contributed by atoms with Gasteiger partial charge in [0.1, 0.15) is 0 Å². The Morgan fingerprint density at radius 1 is 0.950 bits per heavy atom. The number of rotatable bonds is 2. The number of amides is 1. The van der Waals surface area contributed by atoms with E-state index in [1.165, 1.54) is 0 Å². The number of hydrogen-bond acceptors (Lipinski definition) is 2. The minimum Gasteiger partial charge on any atom is -0.303 e. The minimum absolute atomic E-state index is 0.0774. The number of aromatic nitrogens is 1. The van der Waals surface area contributed by atoms with Crippen LogP contribution >= 0.6 is 0 Å². The Morgan fingerprint density at radius 3 is 2.50 bits per heavy atom. The first-order chi connectivity index (χ1) is 9.84. The molecule has 0 unspecified atom stereocenters. The maximum atomic E-state index is 12.6. The lowest BCUT2D eigenvalue weighted by molar-refractivity contribution is 0.0991. The zero-order chi connectivity index (χ0) is 13.5. The fraction of sp³-hybridized carbons (Fsp3) is 0.0588. The second-order valence-electron chi connectivity index (χ2n) is 4.93. The molecule has 0 bridgehead atoms. The summed E-state index contributed by atoms with van der Waals surface area (Å²) in [5.74, 6) is 0.0774. The van der Waals surface area contributed by atoms with Gasteiger partial charge in [-0.05, 0) is 35.2 Å². The van der Waals surface area contributed by atoms with Gasteiger partial charge >= 0.3 is 0 Å². The molecule has 0 saturated carbocycles. The molecular weight excluding hydrogens is 248 g/mol. The second-order valence-corrected chi connectivity index (χ2v) is 4.93. The number of pyridine rings is 1. The van der Waals surface area contributed by atoms with E-state index < -0.39 is 0 Å². The van der Waals surface area contributed by atoms with E-state index in [0.717, 1.165) is 27.6 Å². The van der Waals surface area contributed by atoms with Crippen LogP contribution in [0.3, 0.4) is 0 Å². The number of carbonyl (C=O) groups is 1. The number of carbonyl (C=O) groups excluding carboxylic acids is 1. The highest BCUT2D eigenvalue weighted by atomic mass is 16.2. The molecule has 1 aliphatic heterocycles. The van der Waals surface area contributed by atoms with Crippen molar-refractivity contribution >= 4 is 22.4 Å². The third-order valence-electron chi connectivity index (χ3n) is 3.74. The molecule has 3 heteroatoms. The molecule has 3 nitrogen and oxygen atoms in total. The van der Waals surface area contributed by atoms with Gasteiger partial charge in [-0.3, -0.25) is 9.78 Å². The highest BCUT2D eigenvalue weighted by molar-refractivity contribution is 6.24. The van der Waals surface area contributed by atoms with Gasteiger partial charge < -0.3 is 4.90 Å². The molecule has 3 aromatic rings. The Kier molecular flexibility index (Phi) is 2.33. The Bertz CT molecular complexity index is 806. The first-order valence-electron chi connectivity index (χ1n) is 6.57. The van der Waals surface area contributed by atoms with Gasteiger partial charge in [-0.15, -0.1) is 0 Å². The molecule has 1 amide bonds. The van der Waals surface area contributed by atoms with Gasteiger partial charge in [0.2, 0.25) is 0 Å². The summed E-state index contributed by atoms with van der Waals surface area (Å²) in [5.41, 5.74) is 2.88. The maximum absolute atomic E-state index is 12.6. The van der Waals surface area contributed by atoms with E-state index >= 15 is 0 Å². The van der Waals surface area contributed by atoms with Crippen LogP contribution < -0.4 is 4.90 Å². The summed E-state index contributed by atoms with van der Waals surface area (Å²) < 4.78 is 0. The largest absolute Gasteiger partial charge is 0.303 e. The van der Waals surface area contributed by atoms with Crippen molar-refractivity contribution in [2.75, 3.05) is 4.90 Å². The number of benzene rings is 2. The summed E-state index contributed by atoms with van der Waals surface area (Å²) in [6, 6.07) is 15.8. The van der Waals surface area contributed by atoms with Crippen LogP contribution in [-0.2, 0) is 6.54 Å². The summed E-state index contributed by atoms with van der Waals surface area (Å²) in [4.78, 5) is 18.4. The van der Waals surface area contributed by atoms with Crippen LogP contribution in [0.1, 0.15) is 15.9 Å².